The molecule has 0 aromatic carbocycles. The van der Waals surface area contributed by atoms with E-state index >= 15 is 0 Å². The highest BCUT2D eigenvalue weighted by Crippen LogP contribution is 2.06. The van der Waals surface area contributed by atoms with Crippen molar-refractivity contribution in [2.45, 2.75) is 46.6 Å². The summed E-state index contributed by atoms with van der Waals surface area (Å²) in [6.45, 7) is 9.63. The van der Waals surface area contributed by atoms with E-state index in [2.05, 4.69) is 5.32 Å². The molecule has 0 bridgehead atoms. The highest BCUT2D eigenvalue weighted by Gasteiger charge is 2.15. The quantitative estimate of drug-likeness (QED) is 0.682. The fourth-order valence-electron chi connectivity index (χ4n) is 0.711. The van der Waals surface area contributed by atoms with Crippen molar-refractivity contribution >= 4 is 5.78 Å². The molecule has 0 rings (SSSR count). The first-order valence-corrected chi connectivity index (χ1v) is 4.16. The third kappa shape index (κ3) is 9.63. The van der Waals surface area contributed by atoms with E-state index in [4.69, 9.17) is 0 Å². The zero-order valence-electron chi connectivity index (χ0n) is 8.62. The molecule has 0 fully saturated rings. The average molecular weight is 159 g/mol. The van der Waals surface area contributed by atoms with E-state index < -0.39 is 0 Å². The first-order valence-electron chi connectivity index (χ1n) is 4.16. The molecule has 68 valence electrons. The summed E-state index contributed by atoms with van der Waals surface area (Å²) >= 11 is 0. The van der Waals surface area contributed by atoms with Gasteiger partial charge in [0.1, 0.15) is 5.78 Å². The van der Waals surface area contributed by atoms with Crippen molar-refractivity contribution in [2.24, 2.45) is 0 Å². The molecule has 2 heteroatoms. The van der Waals surface area contributed by atoms with Crippen molar-refractivity contribution in [3.8, 4) is 0 Å². The Labute approximate surface area is 70.4 Å². The number of carbonyl (C=O) groups excluding carboxylic acids is 1. The predicted octanol–water partition coefficient (Wildman–Crippen LogP) is 1.99. The van der Waals surface area contributed by atoms with Crippen LogP contribution in [0, 0.1) is 0 Å². The summed E-state index contributed by atoms with van der Waals surface area (Å²) in [5, 5.41) is 3.05. The Hall–Kier alpha value is -0.370. The van der Waals surface area contributed by atoms with Crippen LogP contribution in [0.25, 0.3) is 0 Å². The van der Waals surface area contributed by atoms with Crippen molar-refractivity contribution in [3.05, 3.63) is 0 Å². The van der Waals surface area contributed by atoms with Crippen LogP contribution in [0.4, 0.5) is 0 Å². The molecular weight excluding hydrogens is 138 g/mol. The van der Waals surface area contributed by atoms with Crippen LogP contribution in [-0.4, -0.2) is 18.4 Å². The fourth-order valence-corrected chi connectivity index (χ4v) is 0.711. The molecule has 0 atom stereocenters. The van der Waals surface area contributed by atoms with E-state index in [0.29, 0.717) is 6.42 Å². The van der Waals surface area contributed by atoms with Gasteiger partial charge in [-0.1, -0.05) is 13.8 Å². The molecule has 0 heterocycles. The lowest BCUT2D eigenvalue weighted by atomic mass is 9.99. The average Bonchev–Trinajstić information content (AvgIpc) is 1.90. The van der Waals surface area contributed by atoms with Crippen molar-refractivity contribution in [1.82, 2.24) is 5.32 Å². The lowest BCUT2D eigenvalue weighted by Gasteiger charge is -2.21. The van der Waals surface area contributed by atoms with Crippen LogP contribution < -0.4 is 5.32 Å². The van der Waals surface area contributed by atoms with Gasteiger partial charge in [0.25, 0.3) is 0 Å². The predicted molar refractivity (Wildman–Crippen MR) is 49.8 cm³/mol. The van der Waals surface area contributed by atoms with Crippen molar-refractivity contribution in [3.63, 3.8) is 0 Å². The zero-order chi connectivity index (χ0) is 9.49. The molecule has 11 heavy (non-hydrogen) atoms. The second-order valence-corrected chi connectivity index (χ2v) is 3.01. The molecule has 0 aliphatic heterocycles. The number of nitrogens with one attached hydrogen (secondary N) is 1. The summed E-state index contributed by atoms with van der Waals surface area (Å²) in [5.74, 6) is 0.231. The SMILES string of the molecule is CC.CNC(C)(C)CC(C)=O. The Morgan fingerprint density at radius 2 is 1.73 bits per heavy atom. The van der Waals surface area contributed by atoms with Crippen molar-refractivity contribution in [1.29, 1.82) is 0 Å². The van der Waals surface area contributed by atoms with Crippen LogP contribution in [0.3, 0.4) is 0 Å². The molecule has 0 aliphatic carbocycles. The molecule has 0 aromatic rings. The minimum absolute atomic E-state index is 0.0359. The topological polar surface area (TPSA) is 29.1 Å². The minimum Gasteiger partial charge on any atom is -0.314 e. The second kappa shape index (κ2) is 6.35. The number of ketones is 1. The molecule has 0 saturated heterocycles. The van der Waals surface area contributed by atoms with Crippen molar-refractivity contribution < 1.29 is 4.79 Å². The summed E-state index contributed by atoms with van der Waals surface area (Å²) in [6, 6.07) is 0. The number of carbonyl (C=O) groups is 1. The van der Waals surface area contributed by atoms with Crippen LogP contribution in [0.1, 0.15) is 41.0 Å². The molecule has 0 unspecified atom stereocenters. The van der Waals surface area contributed by atoms with Crippen molar-refractivity contribution in [2.75, 3.05) is 7.05 Å². The van der Waals surface area contributed by atoms with Gasteiger partial charge in [0.2, 0.25) is 0 Å². The Morgan fingerprint density at radius 1 is 1.36 bits per heavy atom. The van der Waals surface area contributed by atoms with Gasteiger partial charge in [0, 0.05) is 12.0 Å². The lowest BCUT2D eigenvalue weighted by Crippen LogP contribution is -2.37. The highest BCUT2D eigenvalue weighted by molar-refractivity contribution is 5.76. The lowest BCUT2D eigenvalue weighted by molar-refractivity contribution is -0.118. The van der Waals surface area contributed by atoms with E-state index in [0.717, 1.165) is 0 Å². The zero-order valence-corrected chi connectivity index (χ0v) is 8.62. The van der Waals surface area contributed by atoms with Crippen LogP contribution in [0.2, 0.25) is 0 Å². The number of hydrogen-bond donors (Lipinski definition) is 1. The normalized spacial score (nSPS) is 10.0. The summed E-state index contributed by atoms with van der Waals surface area (Å²) in [5.41, 5.74) is -0.0359. The summed E-state index contributed by atoms with van der Waals surface area (Å²) in [7, 11) is 1.86. The highest BCUT2D eigenvalue weighted by atomic mass is 16.1. The maximum atomic E-state index is 10.6. The molecule has 0 spiro atoms. The Kier molecular flexibility index (Phi) is 7.64. The largest absolute Gasteiger partial charge is 0.314 e. The van der Waals surface area contributed by atoms with E-state index in [1.54, 1.807) is 6.92 Å². The molecular formula is C9H21NO. The van der Waals surface area contributed by atoms with Gasteiger partial charge < -0.3 is 5.32 Å². The van der Waals surface area contributed by atoms with Gasteiger partial charge in [-0.25, -0.2) is 0 Å². The number of Topliss-reactive ketones (excluding diaryl/α,β-unsaturated/α-hetero) is 1. The molecule has 2 nitrogen and oxygen atoms in total. The maximum absolute atomic E-state index is 10.6. The molecule has 0 aromatic heterocycles. The first kappa shape index (κ1) is 13.2. The van der Waals surface area contributed by atoms with Crippen LogP contribution in [0.15, 0.2) is 0 Å². The molecule has 0 saturated carbocycles. The number of rotatable bonds is 3. The van der Waals surface area contributed by atoms with Gasteiger partial charge in [-0.3, -0.25) is 4.79 Å². The van der Waals surface area contributed by atoms with Gasteiger partial charge in [-0.15, -0.1) is 0 Å². The summed E-state index contributed by atoms with van der Waals surface area (Å²) in [6.07, 6.45) is 0.601. The second-order valence-electron chi connectivity index (χ2n) is 3.01. The molecule has 0 aliphatic rings. The Bertz CT molecular complexity index is 108. The third-order valence-electron chi connectivity index (χ3n) is 1.37. The molecule has 0 radical (unpaired) electrons. The van der Waals surface area contributed by atoms with Gasteiger partial charge >= 0.3 is 0 Å². The summed E-state index contributed by atoms with van der Waals surface area (Å²) in [4.78, 5) is 10.6. The van der Waals surface area contributed by atoms with E-state index in [-0.39, 0.29) is 11.3 Å². The standard InChI is InChI=1S/C7H15NO.C2H6/c1-6(9)5-7(2,3)8-4;1-2/h8H,5H2,1-4H3;1-2H3. The van der Waals surface area contributed by atoms with Gasteiger partial charge in [0.15, 0.2) is 0 Å². The van der Waals surface area contributed by atoms with E-state index in [1.165, 1.54) is 0 Å². The minimum atomic E-state index is -0.0359. The van der Waals surface area contributed by atoms with Gasteiger partial charge in [0.05, 0.1) is 0 Å². The number of hydrogen-bond acceptors (Lipinski definition) is 2. The van der Waals surface area contributed by atoms with Crippen LogP contribution >= 0.6 is 0 Å². The molecule has 0 amide bonds. The van der Waals surface area contributed by atoms with Crippen LogP contribution in [0.5, 0.6) is 0 Å². The van der Waals surface area contributed by atoms with E-state index in [1.807, 2.05) is 34.7 Å². The monoisotopic (exact) mass is 159 g/mol. The molecule has 1 N–H and O–H groups in total. The van der Waals surface area contributed by atoms with Gasteiger partial charge in [-0.2, -0.15) is 0 Å². The Balaban J connectivity index is 0. The van der Waals surface area contributed by atoms with Gasteiger partial charge in [-0.05, 0) is 27.8 Å². The maximum Gasteiger partial charge on any atom is 0.131 e. The first-order chi connectivity index (χ1) is 4.98. The fraction of sp³-hybridized carbons (Fsp3) is 0.889. The van der Waals surface area contributed by atoms with E-state index in [9.17, 15) is 4.79 Å². The van der Waals surface area contributed by atoms with Crippen LogP contribution in [-0.2, 0) is 4.79 Å². The Morgan fingerprint density at radius 3 is 1.82 bits per heavy atom. The third-order valence-corrected chi connectivity index (χ3v) is 1.37. The summed E-state index contributed by atoms with van der Waals surface area (Å²) < 4.78 is 0. The smallest absolute Gasteiger partial charge is 0.131 e.